The minimum absolute atomic E-state index is 0.717. The van der Waals surface area contributed by atoms with Crippen molar-refractivity contribution in [1.82, 2.24) is 0 Å². The molecule has 0 radical (unpaired) electrons. The first-order valence-corrected chi connectivity index (χ1v) is 5.02. The molecule has 70 valence electrons. The highest BCUT2D eigenvalue weighted by Crippen LogP contribution is 2.15. The highest BCUT2D eigenvalue weighted by molar-refractivity contribution is 5.01. The maximum atomic E-state index is 3.77. The van der Waals surface area contributed by atoms with Crippen LogP contribution in [-0.2, 0) is 0 Å². The van der Waals surface area contributed by atoms with Crippen molar-refractivity contribution < 1.29 is 0 Å². The molecule has 0 heteroatoms. The standard InChI is InChI=1S/C12H22/c1-5-8-11(4)10-12(7-3)9-6-2/h6,10,12H,2,5,7-9H2,1,3-4H3. The monoisotopic (exact) mass is 166 g/mol. The lowest BCUT2D eigenvalue weighted by Gasteiger charge is -2.08. The lowest BCUT2D eigenvalue weighted by Crippen LogP contribution is -1.93. The second kappa shape index (κ2) is 7.15. The molecule has 0 bridgehead atoms. The molecule has 0 heterocycles. The lowest BCUT2D eigenvalue weighted by molar-refractivity contribution is 0.630. The van der Waals surface area contributed by atoms with Crippen LogP contribution in [0.2, 0.25) is 0 Å². The largest absolute Gasteiger partial charge is 0.103 e. The molecule has 0 fully saturated rings. The van der Waals surface area contributed by atoms with Crippen molar-refractivity contribution >= 4 is 0 Å². The Morgan fingerprint density at radius 3 is 2.50 bits per heavy atom. The number of hydrogen-bond acceptors (Lipinski definition) is 0. The Balaban J connectivity index is 3.95. The Hall–Kier alpha value is -0.520. The van der Waals surface area contributed by atoms with Crippen LogP contribution in [0.1, 0.15) is 46.5 Å². The summed E-state index contributed by atoms with van der Waals surface area (Å²) < 4.78 is 0. The zero-order valence-electron chi connectivity index (χ0n) is 8.77. The molecule has 0 aromatic carbocycles. The third kappa shape index (κ3) is 5.17. The van der Waals surface area contributed by atoms with Gasteiger partial charge in [0, 0.05) is 0 Å². The van der Waals surface area contributed by atoms with E-state index in [1.165, 1.54) is 24.8 Å². The van der Waals surface area contributed by atoms with Crippen LogP contribution in [0, 0.1) is 5.92 Å². The molecule has 1 unspecified atom stereocenters. The molecule has 0 amide bonds. The fraction of sp³-hybridized carbons (Fsp3) is 0.667. The molecule has 0 aromatic heterocycles. The molecule has 0 spiro atoms. The molecule has 0 aliphatic heterocycles. The fourth-order valence-electron chi connectivity index (χ4n) is 1.45. The van der Waals surface area contributed by atoms with E-state index in [1.54, 1.807) is 0 Å². The third-order valence-corrected chi connectivity index (χ3v) is 2.16. The summed E-state index contributed by atoms with van der Waals surface area (Å²) in [5.74, 6) is 0.717. The highest BCUT2D eigenvalue weighted by Gasteiger charge is 1.99. The van der Waals surface area contributed by atoms with Gasteiger partial charge < -0.3 is 0 Å². The van der Waals surface area contributed by atoms with Crippen molar-refractivity contribution in [3.63, 3.8) is 0 Å². The van der Waals surface area contributed by atoms with Crippen molar-refractivity contribution in [2.24, 2.45) is 5.92 Å². The zero-order chi connectivity index (χ0) is 9.40. The van der Waals surface area contributed by atoms with Crippen LogP contribution in [0.3, 0.4) is 0 Å². The summed E-state index contributed by atoms with van der Waals surface area (Å²) >= 11 is 0. The summed E-state index contributed by atoms with van der Waals surface area (Å²) in [4.78, 5) is 0. The van der Waals surface area contributed by atoms with Crippen molar-refractivity contribution in [2.75, 3.05) is 0 Å². The number of allylic oxidation sites excluding steroid dienone is 3. The molecule has 1 atom stereocenters. The molecule has 0 nitrogen and oxygen atoms in total. The second-order valence-corrected chi connectivity index (χ2v) is 3.46. The van der Waals surface area contributed by atoms with Gasteiger partial charge in [0.25, 0.3) is 0 Å². The first kappa shape index (κ1) is 11.5. The molecule has 0 aliphatic carbocycles. The van der Waals surface area contributed by atoms with Crippen LogP contribution in [-0.4, -0.2) is 0 Å². The predicted octanol–water partition coefficient (Wildman–Crippen LogP) is 4.34. The van der Waals surface area contributed by atoms with Gasteiger partial charge in [-0.2, -0.15) is 0 Å². The van der Waals surface area contributed by atoms with E-state index in [-0.39, 0.29) is 0 Å². The van der Waals surface area contributed by atoms with E-state index in [1.807, 2.05) is 6.08 Å². The summed E-state index contributed by atoms with van der Waals surface area (Å²) in [5, 5.41) is 0. The van der Waals surface area contributed by atoms with Crippen LogP contribution < -0.4 is 0 Å². The molecular formula is C12H22. The molecular weight excluding hydrogens is 144 g/mol. The Bertz CT molecular complexity index is 142. The fourth-order valence-corrected chi connectivity index (χ4v) is 1.45. The van der Waals surface area contributed by atoms with Crippen LogP contribution in [0.25, 0.3) is 0 Å². The van der Waals surface area contributed by atoms with Gasteiger partial charge in [-0.1, -0.05) is 38.0 Å². The van der Waals surface area contributed by atoms with Gasteiger partial charge in [0.05, 0.1) is 0 Å². The van der Waals surface area contributed by atoms with Crippen LogP contribution in [0.15, 0.2) is 24.3 Å². The third-order valence-electron chi connectivity index (χ3n) is 2.16. The summed E-state index contributed by atoms with van der Waals surface area (Å²) in [6.45, 7) is 10.5. The van der Waals surface area contributed by atoms with Gasteiger partial charge in [-0.15, -0.1) is 6.58 Å². The minimum Gasteiger partial charge on any atom is -0.103 e. The van der Waals surface area contributed by atoms with Crippen LogP contribution in [0.4, 0.5) is 0 Å². The Morgan fingerprint density at radius 2 is 2.08 bits per heavy atom. The first-order valence-electron chi connectivity index (χ1n) is 5.02. The average molecular weight is 166 g/mol. The Labute approximate surface area is 77.4 Å². The van der Waals surface area contributed by atoms with Crippen molar-refractivity contribution in [3.8, 4) is 0 Å². The van der Waals surface area contributed by atoms with E-state index in [2.05, 4.69) is 33.4 Å². The van der Waals surface area contributed by atoms with E-state index < -0.39 is 0 Å². The van der Waals surface area contributed by atoms with Gasteiger partial charge in [0.1, 0.15) is 0 Å². The first-order chi connectivity index (χ1) is 5.74. The smallest absolute Gasteiger partial charge is 0.0199 e. The molecule has 0 aliphatic rings. The second-order valence-electron chi connectivity index (χ2n) is 3.46. The maximum absolute atomic E-state index is 3.77. The minimum atomic E-state index is 0.717. The SMILES string of the molecule is C=CCC(C=C(C)CCC)CC. The van der Waals surface area contributed by atoms with Crippen LogP contribution >= 0.6 is 0 Å². The molecule has 12 heavy (non-hydrogen) atoms. The summed E-state index contributed by atoms with van der Waals surface area (Å²) in [6.07, 6.45) is 9.28. The van der Waals surface area contributed by atoms with Crippen LogP contribution in [0.5, 0.6) is 0 Å². The molecule has 0 rings (SSSR count). The van der Waals surface area contributed by atoms with Gasteiger partial charge in [0.15, 0.2) is 0 Å². The van der Waals surface area contributed by atoms with E-state index in [4.69, 9.17) is 0 Å². The molecule has 0 aromatic rings. The highest BCUT2D eigenvalue weighted by atomic mass is 14.0. The van der Waals surface area contributed by atoms with E-state index in [9.17, 15) is 0 Å². The summed E-state index contributed by atoms with van der Waals surface area (Å²) in [7, 11) is 0. The average Bonchev–Trinajstić information content (AvgIpc) is 2.04. The van der Waals surface area contributed by atoms with Crippen molar-refractivity contribution in [3.05, 3.63) is 24.3 Å². The quantitative estimate of drug-likeness (QED) is 0.515. The van der Waals surface area contributed by atoms with Gasteiger partial charge in [-0.3, -0.25) is 0 Å². The van der Waals surface area contributed by atoms with Gasteiger partial charge in [-0.25, -0.2) is 0 Å². The van der Waals surface area contributed by atoms with E-state index in [0.717, 1.165) is 6.42 Å². The topological polar surface area (TPSA) is 0 Å². The number of rotatable bonds is 6. The predicted molar refractivity (Wildman–Crippen MR) is 57.3 cm³/mol. The number of hydrogen-bond donors (Lipinski definition) is 0. The normalized spacial score (nSPS) is 14.4. The maximum Gasteiger partial charge on any atom is -0.0199 e. The van der Waals surface area contributed by atoms with Gasteiger partial charge in [-0.05, 0) is 32.1 Å². The van der Waals surface area contributed by atoms with E-state index >= 15 is 0 Å². The summed E-state index contributed by atoms with van der Waals surface area (Å²) in [5.41, 5.74) is 1.53. The Morgan fingerprint density at radius 1 is 1.42 bits per heavy atom. The van der Waals surface area contributed by atoms with E-state index in [0.29, 0.717) is 5.92 Å². The zero-order valence-corrected chi connectivity index (χ0v) is 8.77. The Kier molecular flexibility index (Phi) is 6.84. The molecule has 0 N–H and O–H groups in total. The molecule has 0 saturated heterocycles. The molecule has 0 saturated carbocycles. The van der Waals surface area contributed by atoms with Crippen molar-refractivity contribution in [2.45, 2.75) is 46.5 Å². The van der Waals surface area contributed by atoms with Gasteiger partial charge >= 0.3 is 0 Å². The van der Waals surface area contributed by atoms with Crippen molar-refractivity contribution in [1.29, 1.82) is 0 Å². The summed E-state index contributed by atoms with van der Waals surface area (Å²) in [6, 6.07) is 0. The van der Waals surface area contributed by atoms with Gasteiger partial charge in [0.2, 0.25) is 0 Å². The lowest BCUT2D eigenvalue weighted by atomic mass is 9.98.